The summed E-state index contributed by atoms with van der Waals surface area (Å²) in [5.41, 5.74) is 8.14. The van der Waals surface area contributed by atoms with Crippen molar-refractivity contribution in [2.75, 3.05) is 6.54 Å². The fourth-order valence-corrected chi connectivity index (χ4v) is 2.89. The zero-order valence-corrected chi connectivity index (χ0v) is 18.7. The number of nitrogens with one attached hydrogen (secondary N) is 3. The highest BCUT2D eigenvalue weighted by Gasteiger charge is 2.24. The Balaban J connectivity index is 2.58. The zero-order valence-electron chi connectivity index (χ0n) is 18.7. The van der Waals surface area contributed by atoms with Crippen molar-refractivity contribution in [1.29, 1.82) is 0 Å². The molecule has 194 valence electrons. The van der Waals surface area contributed by atoms with E-state index in [9.17, 15) is 33.9 Å². The Morgan fingerprint density at radius 2 is 1.44 bits per heavy atom. The normalized spacial score (nSPS) is 11.8. The highest BCUT2D eigenvalue weighted by Crippen LogP contribution is 2.18. The molecule has 0 aliphatic carbocycles. The number of amides is 3. The van der Waals surface area contributed by atoms with Crippen LogP contribution in [0.1, 0.15) is 52.8 Å². The lowest BCUT2D eigenvalue weighted by Gasteiger charge is -2.18. The van der Waals surface area contributed by atoms with Crippen molar-refractivity contribution in [3.63, 3.8) is 0 Å². The van der Waals surface area contributed by atoms with Gasteiger partial charge in [0.15, 0.2) is 0 Å². The number of unbranched alkanes of at least 4 members (excludes halogenated alkanes) is 1. The van der Waals surface area contributed by atoms with E-state index in [-0.39, 0.29) is 42.6 Å². The molecule has 0 fully saturated rings. The Hall–Kier alpha value is -4.85. The van der Waals surface area contributed by atoms with Crippen molar-refractivity contribution < 1.29 is 49.2 Å². The van der Waals surface area contributed by atoms with Crippen LogP contribution in [-0.2, 0) is 14.4 Å². The lowest BCUT2D eigenvalue weighted by molar-refractivity contribution is -0.140. The molecule has 0 bridgehead atoms. The van der Waals surface area contributed by atoms with E-state index in [1.54, 1.807) is 0 Å². The van der Waals surface area contributed by atoms with E-state index in [0.717, 1.165) is 12.1 Å². The van der Waals surface area contributed by atoms with Gasteiger partial charge >= 0.3 is 29.9 Å². The first-order valence-electron chi connectivity index (χ1n) is 10.4. The highest BCUT2D eigenvalue weighted by atomic mass is 16.4. The number of benzene rings is 1. The van der Waals surface area contributed by atoms with Gasteiger partial charge in [-0.1, -0.05) is 5.11 Å². The third-order valence-corrected chi connectivity index (χ3v) is 4.65. The van der Waals surface area contributed by atoms with Crippen LogP contribution in [0.2, 0.25) is 0 Å². The Bertz CT molecular complexity index is 1050. The number of carboxylic acids is 4. The summed E-state index contributed by atoms with van der Waals surface area (Å²) in [4.78, 5) is 71.1. The summed E-state index contributed by atoms with van der Waals surface area (Å²) >= 11 is 0. The molecule has 36 heavy (non-hydrogen) atoms. The number of hydrogen-bond donors (Lipinski definition) is 7. The molecule has 0 heterocycles. The largest absolute Gasteiger partial charge is 0.481 e. The molecule has 3 amide bonds. The fourth-order valence-electron chi connectivity index (χ4n) is 2.89. The maximum atomic E-state index is 12.3. The van der Waals surface area contributed by atoms with Crippen molar-refractivity contribution in [2.45, 2.75) is 44.2 Å². The number of urea groups is 1. The quantitative estimate of drug-likeness (QED) is 0.0771. The van der Waals surface area contributed by atoms with Gasteiger partial charge in [0.2, 0.25) is 0 Å². The number of aliphatic carboxylic acids is 3. The first kappa shape index (κ1) is 29.2. The molecule has 1 aromatic carbocycles. The van der Waals surface area contributed by atoms with Crippen LogP contribution in [0.4, 0.5) is 10.5 Å². The van der Waals surface area contributed by atoms with E-state index in [4.69, 9.17) is 20.9 Å². The average molecular weight is 508 g/mol. The second kappa shape index (κ2) is 14.4. The van der Waals surface area contributed by atoms with E-state index < -0.39 is 60.7 Å². The summed E-state index contributed by atoms with van der Waals surface area (Å²) in [6.07, 6.45) is -0.482. The molecule has 0 aromatic heterocycles. The number of hydrogen-bond acceptors (Lipinski definition) is 7. The SMILES string of the molecule is [N-]=[N+]=Nc1cc(C(=O)O)cc(C(=O)NCCCC[C@H](NC(=O)NC(CCC(=O)O)C(=O)O)C(=O)O)c1. The van der Waals surface area contributed by atoms with E-state index in [1.165, 1.54) is 6.07 Å². The standard InChI is InChI=1S/C20H24N6O10/c21-26-25-12-8-10(7-11(9-12)17(30)31)16(29)22-6-2-1-3-13(18(32)33)23-20(36)24-14(19(34)35)4-5-15(27)28/h7-9,13-14H,1-6H2,(H,22,29)(H,27,28)(H,30,31)(H,32,33)(H,34,35)(H2,23,24,36)/t13-,14?/m0/s1. The van der Waals surface area contributed by atoms with Crippen molar-refractivity contribution in [1.82, 2.24) is 16.0 Å². The monoisotopic (exact) mass is 508 g/mol. The van der Waals surface area contributed by atoms with Crippen LogP contribution in [0.3, 0.4) is 0 Å². The van der Waals surface area contributed by atoms with Gasteiger partial charge in [0, 0.05) is 29.1 Å². The third kappa shape index (κ3) is 10.4. The van der Waals surface area contributed by atoms with Crippen LogP contribution in [-0.4, -0.2) is 74.9 Å². The molecule has 2 atom stereocenters. The Morgan fingerprint density at radius 1 is 0.861 bits per heavy atom. The van der Waals surface area contributed by atoms with Gasteiger partial charge in [0.05, 0.1) is 5.56 Å². The summed E-state index contributed by atoms with van der Waals surface area (Å²) < 4.78 is 0. The molecule has 0 radical (unpaired) electrons. The predicted molar refractivity (Wildman–Crippen MR) is 120 cm³/mol. The number of aromatic carboxylic acids is 1. The molecule has 0 saturated heterocycles. The van der Waals surface area contributed by atoms with Crippen molar-refractivity contribution >= 4 is 41.5 Å². The smallest absolute Gasteiger partial charge is 0.335 e. The third-order valence-electron chi connectivity index (χ3n) is 4.65. The zero-order chi connectivity index (χ0) is 27.3. The van der Waals surface area contributed by atoms with Crippen LogP contribution in [0.5, 0.6) is 0 Å². The summed E-state index contributed by atoms with van der Waals surface area (Å²) in [6, 6.07) is -0.608. The van der Waals surface area contributed by atoms with E-state index in [1.807, 2.05) is 5.32 Å². The summed E-state index contributed by atoms with van der Waals surface area (Å²) in [7, 11) is 0. The maximum Gasteiger partial charge on any atom is 0.335 e. The molecule has 1 aromatic rings. The van der Waals surface area contributed by atoms with Gasteiger partial charge in [-0.2, -0.15) is 0 Å². The molecule has 0 aliphatic rings. The molecule has 1 rings (SSSR count). The molecule has 0 spiro atoms. The van der Waals surface area contributed by atoms with Crippen molar-refractivity contribution in [2.24, 2.45) is 5.11 Å². The van der Waals surface area contributed by atoms with Gasteiger partial charge in [0.25, 0.3) is 5.91 Å². The lowest BCUT2D eigenvalue weighted by Crippen LogP contribution is -2.51. The van der Waals surface area contributed by atoms with Crippen molar-refractivity contribution in [3.05, 3.63) is 39.8 Å². The summed E-state index contributed by atoms with van der Waals surface area (Å²) in [5, 5.41) is 46.0. The minimum atomic E-state index is -1.52. The number of nitrogens with zero attached hydrogens (tertiary/aromatic N) is 3. The second-order valence-corrected chi connectivity index (χ2v) is 7.35. The molecule has 0 saturated carbocycles. The predicted octanol–water partition coefficient (Wildman–Crippen LogP) is 1.30. The van der Waals surface area contributed by atoms with E-state index in [2.05, 4.69) is 20.7 Å². The first-order valence-corrected chi connectivity index (χ1v) is 10.4. The van der Waals surface area contributed by atoms with Crippen LogP contribution in [0, 0.1) is 0 Å². The van der Waals surface area contributed by atoms with Gasteiger partial charge in [0.1, 0.15) is 12.1 Å². The summed E-state index contributed by atoms with van der Waals surface area (Å²) in [5.74, 6) is -6.10. The molecule has 16 heteroatoms. The number of carboxylic acid groups (broad SMARTS) is 4. The number of carbonyl (C=O) groups is 6. The lowest BCUT2D eigenvalue weighted by atomic mass is 10.1. The number of carbonyl (C=O) groups excluding carboxylic acids is 2. The van der Waals surface area contributed by atoms with Crippen LogP contribution in [0.25, 0.3) is 10.4 Å². The van der Waals surface area contributed by atoms with Crippen LogP contribution >= 0.6 is 0 Å². The number of azide groups is 1. The molecular weight excluding hydrogens is 484 g/mol. The molecule has 0 aliphatic heterocycles. The number of rotatable bonds is 15. The fraction of sp³-hybridized carbons (Fsp3) is 0.400. The summed E-state index contributed by atoms with van der Waals surface area (Å²) in [6.45, 7) is 0.0712. The molecule has 16 nitrogen and oxygen atoms in total. The van der Waals surface area contributed by atoms with E-state index >= 15 is 0 Å². The molecule has 7 N–H and O–H groups in total. The minimum absolute atomic E-state index is 0.0602. The Morgan fingerprint density at radius 3 is 1.97 bits per heavy atom. The Labute approximate surface area is 202 Å². The minimum Gasteiger partial charge on any atom is -0.481 e. The second-order valence-electron chi connectivity index (χ2n) is 7.35. The molecule has 1 unspecified atom stereocenters. The molecular formula is C20H24N6O10. The van der Waals surface area contributed by atoms with Gasteiger partial charge in [-0.05, 0) is 49.4 Å². The van der Waals surface area contributed by atoms with Gasteiger partial charge in [-0.15, -0.1) is 0 Å². The van der Waals surface area contributed by atoms with Gasteiger partial charge in [-0.25, -0.2) is 19.2 Å². The topological polar surface area (TPSA) is 268 Å². The van der Waals surface area contributed by atoms with Gasteiger partial charge in [-0.3, -0.25) is 9.59 Å². The highest BCUT2D eigenvalue weighted by molar-refractivity contribution is 5.98. The average Bonchev–Trinajstić information content (AvgIpc) is 2.80. The first-order chi connectivity index (χ1) is 16.9. The Kier molecular flexibility index (Phi) is 11.7. The van der Waals surface area contributed by atoms with E-state index in [0.29, 0.717) is 0 Å². The van der Waals surface area contributed by atoms with Crippen molar-refractivity contribution in [3.8, 4) is 0 Å². The van der Waals surface area contributed by atoms with Crippen LogP contribution < -0.4 is 16.0 Å². The van der Waals surface area contributed by atoms with Gasteiger partial charge < -0.3 is 36.4 Å². The van der Waals surface area contributed by atoms with Crippen LogP contribution in [0.15, 0.2) is 23.3 Å². The maximum absolute atomic E-state index is 12.3.